The average molecular weight is 627 g/mol. The molecule has 0 unspecified atom stereocenters. The van der Waals surface area contributed by atoms with Gasteiger partial charge in [-0.05, 0) is 60.2 Å². The molecule has 4 N–H and O–H groups in total. The van der Waals surface area contributed by atoms with Crippen molar-refractivity contribution in [2.24, 2.45) is 16.1 Å². The number of hydrogen-bond acceptors (Lipinski definition) is 2. The molecule has 0 heterocycles. The lowest BCUT2D eigenvalue weighted by atomic mass is 9.94. The molecule has 3 rings (SSSR count). The van der Waals surface area contributed by atoms with Gasteiger partial charge in [-0.3, -0.25) is 5.41 Å². The molecule has 4 nitrogen and oxygen atoms in total. The number of nitrogens with two attached hydrogens (primary N) is 1. The van der Waals surface area contributed by atoms with Gasteiger partial charge in [0.1, 0.15) is 11.7 Å². The topological polar surface area (TPSA) is 74.3 Å². The number of nitrogen functional groups attached to an aromatic ring is 1. The fourth-order valence-electron chi connectivity index (χ4n) is 4.08. The minimum absolute atomic E-state index is 0.00935. The van der Waals surface area contributed by atoms with Gasteiger partial charge in [0.2, 0.25) is 0 Å². The van der Waals surface area contributed by atoms with E-state index in [0.29, 0.717) is 34.5 Å². The number of hydrogen-bond donors (Lipinski definition) is 3. The number of nitrogens with one attached hydrogen (secondary N) is 2. The van der Waals surface area contributed by atoms with Gasteiger partial charge in [0.15, 0.2) is 0 Å². The van der Waals surface area contributed by atoms with Crippen molar-refractivity contribution in [1.82, 2.24) is 5.32 Å². The number of allylic oxidation sites excluding steroid dienone is 3. The van der Waals surface area contributed by atoms with Crippen LogP contribution in [-0.4, -0.2) is 11.7 Å². The van der Waals surface area contributed by atoms with Gasteiger partial charge >= 0.3 is 12.4 Å². The van der Waals surface area contributed by atoms with Crippen molar-refractivity contribution in [1.29, 1.82) is 5.41 Å². The van der Waals surface area contributed by atoms with Crippen molar-refractivity contribution in [3.05, 3.63) is 135 Å². The number of alkyl halides is 6. The van der Waals surface area contributed by atoms with Crippen molar-refractivity contribution in [2.75, 3.05) is 0 Å². The number of rotatable bonds is 8. The molecule has 3 aromatic carbocycles. The van der Waals surface area contributed by atoms with Gasteiger partial charge in [-0.15, -0.1) is 0 Å². The maximum Gasteiger partial charge on any atom is 0.416 e. The lowest BCUT2D eigenvalue weighted by molar-refractivity contribution is -0.143. The van der Waals surface area contributed by atoms with Gasteiger partial charge in [-0.25, -0.2) is 4.99 Å². The molecule has 0 fully saturated rings. The lowest BCUT2D eigenvalue weighted by Gasteiger charge is -2.18. The molecule has 10 heteroatoms. The van der Waals surface area contributed by atoms with Crippen molar-refractivity contribution in [3.63, 3.8) is 0 Å². The molecule has 0 radical (unpaired) electrons. The van der Waals surface area contributed by atoms with Crippen LogP contribution < -0.4 is 11.1 Å². The van der Waals surface area contributed by atoms with Gasteiger partial charge in [0.25, 0.3) is 0 Å². The second kappa shape index (κ2) is 14.0. The number of halogens is 6. The lowest BCUT2D eigenvalue weighted by Crippen LogP contribution is -2.26. The van der Waals surface area contributed by atoms with Crippen molar-refractivity contribution in [2.45, 2.75) is 53.5 Å². The highest BCUT2D eigenvalue weighted by Crippen LogP contribution is 2.36. The molecule has 238 valence electrons. The summed E-state index contributed by atoms with van der Waals surface area (Å²) >= 11 is 0. The number of amidine groups is 2. The molecule has 0 aliphatic rings. The van der Waals surface area contributed by atoms with Crippen LogP contribution in [0, 0.1) is 17.7 Å². The molecular formula is C35H36F6N4. The zero-order valence-corrected chi connectivity index (χ0v) is 25.7. The van der Waals surface area contributed by atoms with Crippen molar-refractivity contribution >= 4 is 17.7 Å². The van der Waals surface area contributed by atoms with E-state index in [1.165, 1.54) is 0 Å². The Balaban J connectivity index is 2.29. The summed E-state index contributed by atoms with van der Waals surface area (Å²) in [5.74, 6) is -0.336. The fraction of sp³-hybridized carbons (Fsp3) is 0.257. The van der Waals surface area contributed by atoms with Crippen LogP contribution in [0.1, 0.15) is 66.6 Å². The molecule has 0 aromatic heterocycles. The summed E-state index contributed by atoms with van der Waals surface area (Å²) in [7, 11) is 0. The molecule has 0 bridgehead atoms. The molecule has 0 aliphatic carbocycles. The minimum atomic E-state index is -5.03. The molecule has 0 spiro atoms. The van der Waals surface area contributed by atoms with Gasteiger partial charge in [-0.2, -0.15) is 26.3 Å². The normalized spacial score (nSPS) is 13.8. The molecule has 0 atom stereocenters. The maximum absolute atomic E-state index is 13.8. The number of nitrogens with zero attached hydrogens (tertiary/aromatic N) is 1. The molecule has 0 saturated carbocycles. The summed E-state index contributed by atoms with van der Waals surface area (Å²) in [4.78, 5) is 4.70. The minimum Gasteiger partial charge on any atom is -0.384 e. The quantitative estimate of drug-likeness (QED) is 0.101. The maximum atomic E-state index is 13.8. The molecule has 0 amide bonds. The number of benzene rings is 3. The molecule has 3 aromatic rings. The van der Waals surface area contributed by atoms with E-state index in [4.69, 9.17) is 16.1 Å². The zero-order valence-electron chi connectivity index (χ0n) is 25.7. The monoisotopic (exact) mass is 626 g/mol. The van der Waals surface area contributed by atoms with Crippen LogP contribution >= 0.6 is 0 Å². The van der Waals surface area contributed by atoms with Crippen LogP contribution in [0.3, 0.4) is 0 Å². The van der Waals surface area contributed by atoms with Crippen LogP contribution in [0.2, 0.25) is 0 Å². The first-order chi connectivity index (χ1) is 20.9. The first kappa shape index (κ1) is 34.9. The van der Waals surface area contributed by atoms with E-state index < -0.39 is 23.5 Å². The third-order valence-electron chi connectivity index (χ3n) is 6.57. The van der Waals surface area contributed by atoms with Gasteiger partial charge in [0.05, 0.1) is 16.8 Å². The van der Waals surface area contributed by atoms with E-state index in [2.05, 4.69) is 5.32 Å². The highest BCUT2D eigenvalue weighted by Gasteiger charge is 2.37. The number of aryl methyl sites for hydroxylation is 1. The summed E-state index contributed by atoms with van der Waals surface area (Å²) in [6.45, 7) is 9.69. The Morgan fingerprint density at radius 1 is 0.844 bits per heavy atom. The van der Waals surface area contributed by atoms with Crippen LogP contribution in [0.5, 0.6) is 0 Å². The Kier molecular flexibility index (Phi) is 10.9. The van der Waals surface area contributed by atoms with Gasteiger partial charge in [-0.1, -0.05) is 93.1 Å². The summed E-state index contributed by atoms with van der Waals surface area (Å²) in [6.07, 6.45) is -2.80. The van der Waals surface area contributed by atoms with Crippen LogP contribution in [0.4, 0.5) is 26.3 Å². The third-order valence-corrected chi connectivity index (χ3v) is 6.57. The highest BCUT2D eigenvalue weighted by atomic mass is 19.4. The Morgan fingerprint density at radius 3 is 1.87 bits per heavy atom. The second-order valence-electron chi connectivity index (χ2n) is 11.6. The highest BCUT2D eigenvalue weighted by molar-refractivity contribution is 6.00. The first-order valence-corrected chi connectivity index (χ1v) is 14.1. The van der Waals surface area contributed by atoms with E-state index in [1.807, 2.05) is 64.1 Å². The van der Waals surface area contributed by atoms with Gasteiger partial charge in [0, 0.05) is 17.7 Å². The van der Waals surface area contributed by atoms with Gasteiger partial charge < -0.3 is 11.1 Å². The Labute approximate surface area is 259 Å². The summed E-state index contributed by atoms with van der Waals surface area (Å²) in [5.41, 5.74) is 5.81. The van der Waals surface area contributed by atoms with E-state index in [0.717, 1.165) is 11.1 Å². The van der Waals surface area contributed by atoms with Crippen molar-refractivity contribution < 1.29 is 26.3 Å². The molecule has 45 heavy (non-hydrogen) atoms. The number of aliphatic imine (C=N–C) groups is 1. The summed E-state index contributed by atoms with van der Waals surface area (Å²) in [5, 5.41) is 10.6. The molecule has 0 aliphatic heterocycles. The Hall–Kier alpha value is -4.60. The zero-order chi connectivity index (χ0) is 33.6. The largest absolute Gasteiger partial charge is 0.416 e. The Morgan fingerprint density at radius 2 is 1.40 bits per heavy atom. The Bertz CT molecular complexity index is 1580. The van der Waals surface area contributed by atoms with Crippen LogP contribution in [0.15, 0.2) is 101 Å². The standard InChI is InChI=1S/C35H36F6N4/c1-6-25(15-16-33(3,4)5)30(17-23-9-7-22(2)8-10-23)45-32(44-21-24-11-13-26(14-12-24)31(42)43)27-18-28(34(36,37)38)20-29(19-27)35(39,40)41/h6-20H,21H2,1-5H3,(H3,42,43)(H,44,45)/b16-15-,25-6+,30-17+. The fourth-order valence-corrected chi connectivity index (χ4v) is 4.08. The van der Waals surface area contributed by atoms with Crippen molar-refractivity contribution in [3.8, 4) is 0 Å². The SMILES string of the molecule is C/C=C(\C=C/C(C)(C)C)C(=C\c1ccc(C)cc1)/N=C(\NCc1ccc(C(=N)N)cc1)c1cc(C(F)(F)F)cc(C(F)(F)F)c1. The summed E-state index contributed by atoms with van der Waals surface area (Å²) < 4.78 is 83.1. The average Bonchev–Trinajstić information content (AvgIpc) is 2.95. The van der Waals surface area contributed by atoms with Crippen LogP contribution in [0.25, 0.3) is 6.08 Å². The van der Waals surface area contributed by atoms with E-state index >= 15 is 0 Å². The first-order valence-electron chi connectivity index (χ1n) is 14.1. The second-order valence-corrected chi connectivity index (χ2v) is 11.6. The predicted molar refractivity (Wildman–Crippen MR) is 169 cm³/mol. The van der Waals surface area contributed by atoms with Crippen LogP contribution in [-0.2, 0) is 18.9 Å². The molecule has 0 saturated heterocycles. The molecular weight excluding hydrogens is 590 g/mol. The van der Waals surface area contributed by atoms with E-state index in [1.54, 1.807) is 43.3 Å². The summed E-state index contributed by atoms with van der Waals surface area (Å²) in [6, 6.07) is 15.4. The van der Waals surface area contributed by atoms with E-state index in [9.17, 15) is 26.3 Å². The predicted octanol–water partition coefficient (Wildman–Crippen LogP) is 9.44. The third kappa shape index (κ3) is 10.5. The smallest absolute Gasteiger partial charge is 0.384 e. The van der Waals surface area contributed by atoms with E-state index in [-0.39, 0.29) is 35.3 Å².